The van der Waals surface area contributed by atoms with E-state index in [9.17, 15) is 9.59 Å². The van der Waals surface area contributed by atoms with E-state index in [1.54, 1.807) is 0 Å². The lowest BCUT2D eigenvalue weighted by Crippen LogP contribution is -2.28. The quantitative estimate of drug-likeness (QED) is 0.526. The highest BCUT2D eigenvalue weighted by atomic mass is 16.6. The lowest BCUT2D eigenvalue weighted by molar-refractivity contribution is 0.0998. The van der Waals surface area contributed by atoms with Gasteiger partial charge in [0.05, 0.1) is 50.8 Å². The smallest absolute Gasteiger partial charge is 0.249 e. The van der Waals surface area contributed by atoms with E-state index in [0.717, 1.165) is 16.7 Å². The summed E-state index contributed by atoms with van der Waals surface area (Å²) >= 11 is 0. The van der Waals surface area contributed by atoms with Gasteiger partial charge in [-0.05, 0) is 22.3 Å². The number of carbonyl (C=O) groups is 2. The molecule has 4 N–H and O–H groups in total. The van der Waals surface area contributed by atoms with Gasteiger partial charge in [0, 0.05) is 36.8 Å². The summed E-state index contributed by atoms with van der Waals surface area (Å²) in [5, 5.41) is 0. The van der Waals surface area contributed by atoms with Crippen LogP contribution in [0.3, 0.4) is 0 Å². The van der Waals surface area contributed by atoms with Gasteiger partial charge in [-0.3, -0.25) is 9.59 Å². The SMILES string of the molecule is NC(=O)c1c(CC2CO2)c(CC2CO2)c(CC2CO2)c(C(N)=O)c1CC1CO1. The molecule has 2 amide bonds. The molecule has 8 nitrogen and oxygen atoms in total. The Hall–Kier alpha value is -2.00. The van der Waals surface area contributed by atoms with Gasteiger partial charge in [-0.15, -0.1) is 0 Å². The number of epoxide rings is 4. The van der Waals surface area contributed by atoms with E-state index in [-0.39, 0.29) is 24.4 Å². The Morgan fingerprint density at radius 3 is 1.18 bits per heavy atom. The molecular formula is C20H24N2O6. The van der Waals surface area contributed by atoms with Gasteiger partial charge in [0.2, 0.25) is 11.8 Å². The highest BCUT2D eigenvalue weighted by Crippen LogP contribution is 2.37. The zero-order valence-corrected chi connectivity index (χ0v) is 15.6. The fourth-order valence-corrected chi connectivity index (χ4v) is 4.12. The molecule has 4 heterocycles. The molecule has 1 aromatic rings. The van der Waals surface area contributed by atoms with Crippen molar-refractivity contribution in [1.82, 2.24) is 0 Å². The van der Waals surface area contributed by atoms with E-state index in [2.05, 4.69) is 0 Å². The topological polar surface area (TPSA) is 136 Å². The summed E-state index contributed by atoms with van der Waals surface area (Å²) < 4.78 is 21.7. The average Bonchev–Trinajstić information content (AvgIpc) is 3.45. The number of carbonyl (C=O) groups excluding carboxylic acids is 2. The van der Waals surface area contributed by atoms with Crippen molar-refractivity contribution in [1.29, 1.82) is 0 Å². The van der Waals surface area contributed by atoms with Crippen LogP contribution in [0, 0.1) is 0 Å². The van der Waals surface area contributed by atoms with E-state index >= 15 is 0 Å². The van der Waals surface area contributed by atoms with Crippen LogP contribution in [0.15, 0.2) is 0 Å². The predicted molar refractivity (Wildman–Crippen MR) is 97.3 cm³/mol. The van der Waals surface area contributed by atoms with Gasteiger partial charge in [0.1, 0.15) is 0 Å². The monoisotopic (exact) mass is 388 g/mol. The van der Waals surface area contributed by atoms with Crippen LogP contribution in [-0.2, 0) is 44.6 Å². The van der Waals surface area contributed by atoms with Crippen molar-refractivity contribution in [3.05, 3.63) is 33.4 Å². The molecule has 28 heavy (non-hydrogen) atoms. The molecule has 4 aliphatic rings. The maximum Gasteiger partial charge on any atom is 0.249 e. The largest absolute Gasteiger partial charge is 0.373 e. The molecule has 0 aliphatic carbocycles. The third kappa shape index (κ3) is 3.77. The molecule has 0 bridgehead atoms. The van der Waals surface area contributed by atoms with Gasteiger partial charge >= 0.3 is 0 Å². The minimum absolute atomic E-state index is 0.0103. The summed E-state index contributed by atoms with van der Waals surface area (Å²) in [6.45, 7) is 2.61. The van der Waals surface area contributed by atoms with E-state index in [1.165, 1.54) is 0 Å². The van der Waals surface area contributed by atoms with Crippen LogP contribution in [0.5, 0.6) is 0 Å². The number of hydrogen-bond donors (Lipinski definition) is 2. The normalized spacial score (nSPS) is 29.4. The second-order valence-corrected chi connectivity index (χ2v) is 8.03. The minimum Gasteiger partial charge on any atom is -0.373 e. The molecule has 4 saturated heterocycles. The Kier molecular flexibility index (Phi) is 4.39. The zero-order valence-electron chi connectivity index (χ0n) is 15.6. The van der Waals surface area contributed by atoms with Crippen molar-refractivity contribution in [3.63, 3.8) is 0 Å². The Labute approximate surface area is 162 Å². The highest BCUT2D eigenvalue weighted by Gasteiger charge is 2.38. The zero-order chi connectivity index (χ0) is 19.4. The molecule has 8 heteroatoms. The molecule has 5 rings (SSSR count). The maximum atomic E-state index is 12.6. The molecule has 0 saturated carbocycles. The van der Waals surface area contributed by atoms with Gasteiger partial charge in [0.25, 0.3) is 0 Å². The first kappa shape index (κ1) is 18.1. The van der Waals surface area contributed by atoms with Crippen LogP contribution >= 0.6 is 0 Å². The predicted octanol–water partition coefficient (Wildman–Crippen LogP) is -0.350. The summed E-state index contributed by atoms with van der Waals surface area (Å²) in [5.74, 6) is -1.08. The van der Waals surface area contributed by atoms with Crippen molar-refractivity contribution in [2.75, 3.05) is 26.4 Å². The molecule has 4 atom stereocenters. The second kappa shape index (κ2) is 6.81. The lowest BCUT2D eigenvalue weighted by atomic mass is 9.80. The summed E-state index contributed by atoms with van der Waals surface area (Å²) in [6, 6.07) is 0. The summed E-state index contributed by atoms with van der Waals surface area (Å²) in [6.07, 6.45) is 2.50. The van der Waals surface area contributed by atoms with Crippen LogP contribution in [0.1, 0.15) is 43.0 Å². The number of primary amides is 2. The number of hydrogen-bond acceptors (Lipinski definition) is 6. The molecule has 0 spiro atoms. The fraction of sp³-hybridized carbons (Fsp3) is 0.600. The van der Waals surface area contributed by atoms with Crippen LogP contribution in [0.2, 0.25) is 0 Å². The first-order valence-corrected chi connectivity index (χ1v) is 9.76. The Morgan fingerprint density at radius 2 is 0.893 bits per heavy atom. The van der Waals surface area contributed by atoms with Crippen LogP contribution < -0.4 is 11.5 Å². The van der Waals surface area contributed by atoms with Gasteiger partial charge in [-0.25, -0.2) is 0 Å². The Bertz CT molecular complexity index is 785. The molecular weight excluding hydrogens is 364 g/mol. The van der Waals surface area contributed by atoms with E-state index in [1.807, 2.05) is 0 Å². The summed E-state index contributed by atoms with van der Waals surface area (Å²) in [4.78, 5) is 25.1. The van der Waals surface area contributed by atoms with Crippen molar-refractivity contribution >= 4 is 11.8 Å². The molecule has 4 fully saturated rings. The van der Waals surface area contributed by atoms with E-state index in [4.69, 9.17) is 30.4 Å². The van der Waals surface area contributed by atoms with Crippen LogP contribution in [0.25, 0.3) is 0 Å². The van der Waals surface area contributed by atoms with Crippen molar-refractivity contribution in [3.8, 4) is 0 Å². The van der Waals surface area contributed by atoms with Crippen molar-refractivity contribution in [2.24, 2.45) is 11.5 Å². The Morgan fingerprint density at radius 1 is 0.607 bits per heavy atom. The summed E-state index contributed by atoms with van der Waals surface area (Å²) in [7, 11) is 0. The first-order valence-electron chi connectivity index (χ1n) is 9.76. The van der Waals surface area contributed by atoms with Gasteiger partial charge in [0.15, 0.2) is 0 Å². The molecule has 150 valence electrons. The number of nitrogens with two attached hydrogens (primary N) is 2. The number of amides is 2. The van der Waals surface area contributed by atoms with E-state index < -0.39 is 11.8 Å². The van der Waals surface area contributed by atoms with Gasteiger partial charge in [-0.1, -0.05) is 0 Å². The van der Waals surface area contributed by atoms with Gasteiger partial charge in [-0.2, -0.15) is 0 Å². The number of ether oxygens (including phenoxy) is 4. The molecule has 0 aromatic heterocycles. The average molecular weight is 388 g/mol. The molecule has 4 aliphatic heterocycles. The number of benzene rings is 1. The second-order valence-electron chi connectivity index (χ2n) is 8.03. The van der Waals surface area contributed by atoms with Crippen LogP contribution in [0.4, 0.5) is 0 Å². The standard InChI is InChI=1S/C20H24N2O6/c21-19(23)17-14(2-10-6-26-10)13(1-9-5-25-9)15(3-11-7-27-11)18(20(22)24)16(17)4-12-8-28-12/h9-12H,1-8H2,(H2,21,23)(H2,22,24). The lowest BCUT2D eigenvalue weighted by Gasteiger charge is -2.24. The summed E-state index contributed by atoms with van der Waals surface area (Å²) in [5.41, 5.74) is 15.8. The molecule has 1 aromatic carbocycles. The van der Waals surface area contributed by atoms with E-state index in [0.29, 0.717) is 68.8 Å². The Balaban J connectivity index is 1.73. The minimum atomic E-state index is -0.541. The van der Waals surface area contributed by atoms with Crippen molar-refractivity contribution in [2.45, 2.75) is 50.1 Å². The van der Waals surface area contributed by atoms with Gasteiger partial charge < -0.3 is 30.4 Å². The molecule has 4 unspecified atom stereocenters. The number of rotatable bonds is 10. The van der Waals surface area contributed by atoms with Crippen molar-refractivity contribution < 1.29 is 28.5 Å². The third-order valence-corrected chi connectivity index (χ3v) is 5.77. The molecule has 0 radical (unpaired) electrons. The fourth-order valence-electron chi connectivity index (χ4n) is 4.12. The first-order chi connectivity index (χ1) is 13.5. The van der Waals surface area contributed by atoms with Crippen LogP contribution in [-0.4, -0.2) is 62.7 Å². The third-order valence-electron chi connectivity index (χ3n) is 5.77. The maximum absolute atomic E-state index is 12.6. The highest BCUT2D eigenvalue weighted by molar-refractivity contribution is 6.04.